The van der Waals surface area contributed by atoms with E-state index in [9.17, 15) is 15.0 Å². The van der Waals surface area contributed by atoms with Gasteiger partial charge in [-0.05, 0) is 32.3 Å². The molecule has 0 bridgehead atoms. The summed E-state index contributed by atoms with van der Waals surface area (Å²) in [5.74, 6) is -0.459. The second kappa shape index (κ2) is 6.66. The van der Waals surface area contributed by atoms with Crippen LogP contribution in [0.5, 0.6) is 0 Å². The first kappa shape index (κ1) is 13.2. The highest BCUT2D eigenvalue weighted by atomic mass is 16.5. The quantitative estimate of drug-likeness (QED) is 0.611. The Bertz CT molecular complexity index is 249. The summed E-state index contributed by atoms with van der Waals surface area (Å²) in [6.45, 7) is 1.86. The van der Waals surface area contributed by atoms with E-state index in [-0.39, 0.29) is 6.10 Å². The molecular formula is C12H20O4. The number of hydrogen-bond acceptors (Lipinski definition) is 4. The molecule has 92 valence electrons. The van der Waals surface area contributed by atoms with E-state index in [1.807, 2.05) is 6.92 Å². The number of aliphatic hydroxyl groups excluding tert-OH is 2. The van der Waals surface area contributed by atoms with Gasteiger partial charge in [-0.15, -0.1) is 0 Å². The van der Waals surface area contributed by atoms with Gasteiger partial charge >= 0.3 is 5.97 Å². The molecule has 0 aromatic carbocycles. The lowest BCUT2D eigenvalue weighted by atomic mass is 10.0. The molecule has 4 heteroatoms. The molecule has 0 saturated heterocycles. The van der Waals surface area contributed by atoms with Crippen LogP contribution in [0.15, 0.2) is 12.2 Å². The molecule has 1 aliphatic rings. The van der Waals surface area contributed by atoms with Gasteiger partial charge in [-0.2, -0.15) is 0 Å². The van der Waals surface area contributed by atoms with Gasteiger partial charge in [0.2, 0.25) is 0 Å². The molecule has 0 unspecified atom stereocenters. The Labute approximate surface area is 95.9 Å². The van der Waals surface area contributed by atoms with Crippen molar-refractivity contribution in [2.24, 2.45) is 0 Å². The monoisotopic (exact) mass is 228 g/mol. The van der Waals surface area contributed by atoms with Crippen molar-refractivity contribution in [2.45, 2.75) is 57.3 Å². The summed E-state index contributed by atoms with van der Waals surface area (Å²) in [4.78, 5) is 11.3. The minimum Gasteiger partial charge on any atom is -0.460 e. The number of hydrogen-bond donors (Lipinski definition) is 2. The van der Waals surface area contributed by atoms with Crippen LogP contribution in [0.25, 0.3) is 0 Å². The zero-order valence-corrected chi connectivity index (χ0v) is 9.63. The van der Waals surface area contributed by atoms with Crippen molar-refractivity contribution in [2.75, 3.05) is 0 Å². The molecule has 0 aromatic rings. The summed E-state index contributed by atoms with van der Waals surface area (Å²) in [7, 11) is 0. The highest BCUT2D eigenvalue weighted by Gasteiger charge is 2.15. The highest BCUT2D eigenvalue weighted by Crippen LogP contribution is 2.13. The molecule has 1 rings (SSSR count). The molecule has 0 saturated carbocycles. The smallest absolute Gasteiger partial charge is 0.330 e. The van der Waals surface area contributed by atoms with Gasteiger partial charge in [0.05, 0.1) is 18.3 Å². The van der Waals surface area contributed by atoms with E-state index in [0.29, 0.717) is 6.42 Å². The fraction of sp³-hybridized carbons (Fsp3) is 0.750. The van der Waals surface area contributed by atoms with Crippen LogP contribution in [-0.2, 0) is 9.53 Å². The molecule has 1 heterocycles. The summed E-state index contributed by atoms with van der Waals surface area (Å²) in [6.07, 6.45) is 4.87. The van der Waals surface area contributed by atoms with Crippen LogP contribution in [0, 0.1) is 0 Å². The number of cyclic esters (lactones) is 1. The Balaban J connectivity index is 2.58. The minimum atomic E-state index is -0.984. The van der Waals surface area contributed by atoms with E-state index in [1.54, 1.807) is 0 Å². The first-order valence-corrected chi connectivity index (χ1v) is 5.84. The number of esters is 1. The van der Waals surface area contributed by atoms with E-state index in [1.165, 1.54) is 12.2 Å². The van der Waals surface area contributed by atoms with Crippen LogP contribution >= 0.6 is 0 Å². The van der Waals surface area contributed by atoms with Gasteiger partial charge in [0, 0.05) is 6.08 Å². The van der Waals surface area contributed by atoms with E-state index in [0.717, 1.165) is 25.7 Å². The Morgan fingerprint density at radius 1 is 1.25 bits per heavy atom. The normalized spacial score (nSPS) is 35.7. The molecule has 0 amide bonds. The maximum atomic E-state index is 11.3. The van der Waals surface area contributed by atoms with Crippen molar-refractivity contribution in [3.8, 4) is 0 Å². The van der Waals surface area contributed by atoms with Crippen molar-refractivity contribution in [1.82, 2.24) is 0 Å². The van der Waals surface area contributed by atoms with Gasteiger partial charge in [0.25, 0.3) is 0 Å². The molecule has 1 aliphatic heterocycles. The Hall–Kier alpha value is -0.870. The molecule has 2 N–H and O–H groups in total. The summed E-state index contributed by atoms with van der Waals surface area (Å²) < 4.78 is 5.09. The fourth-order valence-electron chi connectivity index (χ4n) is 1.73. The standard InChI is InChI=1S/C12H20O4/c1-9-5-3-2-4-6-10(13)11(14)7-8-12(15)16-9/h7-11,13-14H,2-6H2,1H3/b8-7+/t9-,10+,11-/m1/s1. The number of carbonyl (C=O) groups is 1. The number of aliphatic hydroxyl groups is 2. The predicted molar refractivity (Wildman–Crippen MR) is 59.8 cm³/mol. The molecule has 0 spiro atoms. The molecule has 16 heavy (non-hydrogen) atoms. The summed E-state index contributed by atoms with van der Waals surface area (Å²) in [5.41, 5.74) is 0. The van der Waals surface area contributed by atoms with Crippen LogP contribution in [0.3, 0.4) is 0 Å². The molecule has 0 fully saturated rings. The lowest BCUT2D eigenvalue weighted by Crippen LogP contribution is -2.24. The van der Waals surface area contributed by atoms with E-state index in [2.05, 4.69) is 0 Å². The average molecular weight is 228 g/mol. The number of carbonyl (C=O) groups excluding carboxylic acids is 1. The van der Waals surface area contributed by atoms with Crippen LogP contribution in [0.2, 0.25) is 0 Å². The molecule has 0 aliphatic carbocycles. The lowest BCUT2D eigenvalue weighted by Gasteiger charge is -2.16. The van der Waals surface area contributed by atoms with Gasteiger partial charge in [-0.25, -0.2) is 4.79 Å². The van der Waals surface area contributed by atoms with Gasteiger partial charge in [0.1, 0.15) is 0 Å². The van der Waals surface area contributed by atoms with Crippen LogP contribution in [-0.4, -0.2) is 34.5 Å². The van der Waals surface area contributed by atoms with Gasteiger partial charge in [-0.1, -0.05) is 12.8 Å². The Morgan fingerprint density at radius 3 is 2.69 bits per heavy atom. The van der Waals surface area contributed by atoms with Crippen molar-refractivity contribution in [3.63, 3.8) is 0 Å². The molecule has 4 nitrogen and oxygen atoms in total. The Kier molecular flexibility index (Phi) is 5.49. The average Bonchev–Trinajstić information content (AvgIpc) is 2.23. The van der Waals surface area contributed by atoms with E-state index in [4.69, 9.17) is 4.74 Å². The molecule has 0 aromatic heterocycles. The number of rotatable bonds is 0. The summed E-state index contributed by atoms with van der Waals surface area (Å²) in [5, 5.41) is 19.0. The van der Waals surface area contributed by atoms with Gasteiger partial charge in [-0.3, -0.25) is 0 Å². The summed E-state index contributed by atoms with van der Waals surface area (Å²) >= 11 is 0. The fourth-order valence-corrected chi connectivity index (χ4v) is 1.73. The molecular weight excluding hydrogens is 208 g/mol. The van der Waals surface area contributed by atoms with Crippen molar-refractivity contribution >= 4 is 5.97 Å². The van der Waals surface area contributed by atoms with Crippen LogP contribution < -0.4 is 0 Å². The van der Waals surface area contributed by atoms with Crippen molar-refractivity contribution in [3.05, 3.63) is 12.2 Å². The van der Waals surface area contributed by atoms with Crippen molar-refractivity contribution < 1.29 is 19.7 Å². The third-order valence-electron chi connectivity index (χ3n) is 2.75. The Morgan fingerprint density at radius 2 is 1.94 bits per heavy atom. The maximum absolute atomic E-state index is 11.3. The minimum absolute atomic E-state index is 0.0846. The van der Waals surface area contributed by atoms with E-state index < -0.39 is 18.2 Å². The first-order chi connectivity index (χ1) is 7.59. The third kappa shape index (κ3) is 4.77. The van der Waals surface area contributed by atoms with Crippen molar-refractivity contribution in [1.29, 1.82) is 0 Å². The SMILES string of the molecule is C[C@@H]1CCCCC[C@H](O)[C@H](O)/C=C/C(=O)O1. The van der Waals surface area contributed by atoms with Crippen LogP contribution in [0.1, 0.15) is 39.0 Å². The van der Waals surface area contributed by atoms with E-state index >= 15 is 0 Å². The largest absolute Gasteiger partial charge is 0.460 e. The van der Waals surface area contributed by atoms with Gasteiger partial charge in [0.15, 0.2) is 0 Å². The number of ether oxygens (including phenoxy) is 1. The molecule has 0 radical (unpaired) electrons. The molecule has 3 atom stereocenters. The second-order valence-corrected chi connectivity index (χ2v) is 4.30. The first-order valence-electron chi connectivity index (χ1n) is 5.84. The highest BCUT2D eigenvalue weighted by molar-refractivity contribution is 5.82. The zero-order valence-electron chi connectivity index (χ0n) is 9.63. The zero-order chi connectivity index (χ0) is 12.0. The topological polar surface area (TPSA) is 66.8 Å². The summed E-state index contributed by atoms with van der Waals surface area (Å²) in [6, 6.07) is 0. The lowest BCUT2D eigenvalue weighted by molar-refractivity contribution is -0.142. The predicted octanol–water partition coefficient (Wildman–Crippen LogP) is 1.16. The third-order valence-corrected chi connectivity index (χ3v) is 2.75. The second-order valence-electron chi connectivity index (χ2n) is 4.30. The van der Waals surface area contributed by atoms with Crippen LogP contribution in [0.4, 0.5) is 0 Å². The maximum Gasteiger partial charge on any atom is 0.330 e. The van der Waals surface area contributed by atoms with Gasteiger partial charge < -0.3 is 14.9 Å².